The SMILES string of the molecule is CCN1CCN(c2ccc(Cl)cc2NC(=O)Cc2ccc(OC)cc2)CC1. The van der Waals surface area contributed by atoms with Gasteiger partial charge in [0, 0.05) is 31.2 Å². The molecule has 0 saturated carbocycles. The number of carbonyl (C=O) groups is 1. The average molecular weight is 388 g/mol. The molecule has 2 aromatic rings. The van der Waals surface area contributed by atoms with Crippen molar-refractivity contribution < 1.29 is 9.53 Å². The van der Waals surface area contributed by atoms with Crippen molar-refractivity contribution in [3.05, 3.63) is 53.1 Å². The standard InChI is InChI=1S/C21H26ClN3O2/c1-3-24-10-12-25(13-11-24)20-9-6-17(22)15-19(20)23-21(26)14-16-4-7-18(27-2)8-5-16/h4-9,15H,3,10-14H2,1-2H3,(H,23,26). The Hall–Kier alpha value is -2.24. The van der Waals surface area contributed by atoms with E-state index in [-0.39, 0.29) is 5.91 Å². The number of rotatable bonds is 6. The molecule has 0 aliphatic carbocycles. The van der Waals surface area contributed by atoms with Gasteiger partial charge in [-0.1, -0.05) is 30.7 Å². The van der Waals surface area contributed by atoms with Crippen LogP contribution in [0.4, 0.5) is 11.4 Å². The van der Waals surface area contributed by atoms with E-state index in [9.17, 15) is 4.79 Å². The van der Waals surface area contributed by atoms with Crippen molar-refractivity contribution in [2.45, 2.75) is 13.3 Å². The molecule has 1 aliphatic rings. The summed E-state index contributed by atoms with van der Waals surface area (Å²) in [4.78, 5) is 17.3. The number of hydrogen-bond acceptors (Lipinski definition) is 4. The Morgan fingerprint density at radius 2 is 1.81 bits per heavy atom. The summed E-state index contributed by atoms with van der Waals surface area (Å²) in [6, 6.07) is 13.2. The number of likely N-dealkylation sites (N-methyl/N-ethyl adjacent to an activating group) is 1. The van der Waals surface area contributed by atoms with Gasteiger partial charge in [0.25, 0.3) is 0 Å². The summed E-state index contributed by atoms with van der Waals surface area (Å²) in [6.07, 6.45) is 0.305. The molecule has 1 aliphatic heterocycles. The van der Waals surface area contributed by atoms with Crippen molar-refractivity contribution in [1.82, 2.24) is 4.90 Å². The maximum absolute atomic E-state index is 12.6. The molecule has 1 heterocycles. The monoisotopic (exact) mass is 387 g/mol. The van der Waals surface area contributed by atoms with E-state index in [1.807, 2.05) is 42.5 Å². The molecule has 1 saturated heterocycles. The minimum atomic E-state index is -0.0594. The first kappa shape index (κ1) is 19.5. The highest BCUT2D eigenvalue weighted by atomic mass is 35.5. The summed E-state index contributed by atoms with van der Waals surface area (Å²) < 4.78 is 5.16. The lowest BCUT2D eigenvalue weighted by molar-refractivity contribution is -0.115. The van der Waals surface area contributed by atoms with Crippen LogP contribution in [-0.4, -0.2) is 50.6 Å². The molecule has 0 bridgehead atoms. The second-order valence-electron chi connectivity index (χ2n) is 6.66. The number of methoxy groups -OCH3 is 1. The van der Waals surface area contributed by atoms with Crippen LogP contribution in [0.3, 0.4) is 0 Å². The summed E-state index contributed by atoms with van der Waals surface area (Å²) >= 11 is 6.19. The van der Waals surface area contributed by atoms with Gasteiger partial charge in [-0.25, -0.2) is 0 Å². The third-order valence-corrected chi connectivity index (χ3v) is 5.15. The molecule has 1 fully saturated rings. The third-order valence-electron chi connectivity index (χ3n) is 4.92. The van der Waals surface area contributed by atoms with Gasteiger partial charge < -0.3 is 19.9 Å². The molecule has 1 N–H and O–H groups in total. The lowest BCUT2D eigenvalue weighted by Crippen LogP contribution is -2.46. The molecule has 2 aromatic carbocycles. The first-order valence-electron chi connectivity index (χ1n) is 9.28. The molecule has 0 unspecified atom stereocenters. The van der Waals surface area contributed by atoms with Crippen LogP contribution in [0, 0.1) is 0 Å². The predicted molar refractivity (Wildman–Crippen MR) is 111 cm³/mol. The van der Waals surface area contributed by atoms with Gasteiger partial charge in [-0.05, 0) is 42.4 Å². The highest BCUT2D eigenvalue weighted by molar-refractivity contribution is 6.31. The van der Waals surface area contributed by atoms with E-state index >= 15 is 0 Å². The van der Waals surface area contributed by atoms with E-state index in [2.05, 4.69) is 22.0 Å². The molecule has 5 nitrogen and oxygen atoms in total. The van der Waals surface area contributed by atoms with E-state index in [0.717, 1.165) is 55.4 Å². The molecule has 144 valence electrons. The number of amides is 1. The minimum absolute atomic E-state index is 0.0594. The van der Waals surface area contributed by atoms with E-state index in [4.69, 9.17) is 16.3 Å². The average Bonchev–Trinajstić information content (AvgIpc) is 2.69. The normalized spacial score (nSPS) is 14.9. The molecule has 0 spiro atoms. The molecule has 6 heteroatoms. The van der Waals surface area contributed by atoms with Gasteiger partial charge in [0.2, 0.25) is 5.91 Å². The van der Waals surface area contributed by atoms with Crippen LogP contribution in [0.5, 0.6) is 5.75 Å². The first-order chi connectivity index (χ1) is 13.1. The minimum Gasteiger partial charge on any atom is -0.497 e. The first-order valence-corrected chi connectivity index (χ1v) is 9.66. The van der Waals surface area contributed by atoms with E-state index in [1.54, 1.807) is 7.11 Å². The number of benzene rings is 2. The highest BCUT2D eigenvalue weighted by Crippen LogP contribution is 2.30. The maximum atomic E-state index is 12.6. The molecule has 0 radical (unpaired) electrons. The van der Waals surface area contributed by atoms with Crippen molar-refractivity contribution in [1.29, 1.82) is 0 Å². The molecule has 0 aromatic heterocycles. The zero-order chi connectivity index (χ0) is 19.2. The molecule has 1 amide bonds. The Labute approximate surface area is 165 Å². The van der Waals surface area contributed by atoms with Crippen molar-refractivity contribution in [2.75, 3.05) is 50.1 Å². The number of nitrogens with zero attached hydrogens (tertiary/aromatic N) is 2. The number of ether oxygens (including phenoxy) is 1. The van der Waals surface area contributed by atoms with Gasteiger partial charge in [-0.3, -0.25) is 4.79 Å². The van der Waals surface area contributed by atoms with E-state index in [1.165, 1.54) is 0 Å². The summed E-state index contributed by atoms with van der Waals surface area (Å²) in [7, 11) is 1.63. The lowest BCUT2D eigenvalue weighted by atomic mass is 10.1. The second kappa shape index (κ2) is 9.11. The number of hydrogen-bond donors (Lipinski definition) is 1. The number of piperazine rings is 1. The lowest BCUT2D eigenvalue weighted by Gasteiger charge is -2.36. The Bertz CT molecular complexity index is 771. The van der Waals surface area contributed by atoms with Gasteiger partial charge in [0.1, 0.15) is 5.75 Å². The van der Waals surface area contributed by atoms with E-state index in [0.29, 0.717) is 11.4 Å². The Morgan fingerprint density at radius 3 is 2.44 bits per heavy atom. The Morgan fingerprint density at radius 1 is 1.11 bits per heavy atom. The zero-order valence-corrected chi connectivity index (χ0v) is 16.6. The smallest absolute Gasteiger partial charge is 0.228 e. The molecule has 0 atom stereocenters. The fraction of sp³-hybridized carbons (Fsp3) is 0.381. The largest absolute Gasteiger partial charge is 0.497 e. The third kappa shape index (κ3) is 5.15. The topological polar surface area (TPSA) is 44.8 Å². The molecule has 3 rings (SSSR count). The van der Waals surface area contributed by atoms with Crippen LogP contribution in [0.2, 0.25) is 5.02 Å². The van der Waals surface area contributed by atoms with Crippen molar-refractivity contribution in [3.8, 4) is 5.75 Å². The Balaban J connectivity index is 1.69. The highest BCUT2D eigenvalue weighted by Gasteiger charge is 2.19. The fourth-order valence-electron chi connectivity index (χ4n) is 3.31. The van der Waals surface area contributed by atoms with Crippen LogP contribution >= 0.6 is 11.6 Å². The van der Waals surface area contributed by atoms with Gasteiger partial charge >= 0.3 is 0 Å². The second-order valence-corrected chi connectivity index (χ2v) is 7.09. The molecular formula is C21H26ClN3O2. The quantitative estimate of drug-likeness (QED) is 0.821. The van der Waals surface area contributed by atoms with E-state index < -0.39 is 0 Å². The number of halogens is 1. The van der Waals surface area contributed by atoms with Gasteiger partial charge in [0.05, 0.1) is 24.9 Å². The molecular weight excluding hydrogens is 362 g/mol. The fourth-order valence-corrected chi connectivity index (χ4v) is 3.48. The number of carbonyl (C=O) groups excluding carboxylic acids is 1. The van der Waals surface area contributed by atoms with Gasteiger partial charge in [-0.15, -0.1) is 0 Å². The van der Waals surface area contributed by atoms with Gasteiger partial charge in [0.15, 0.2) is 0 Å². The van der Waals surface area contributed by atoms with Crippen LogP contribution in [0.1, 0.15) is 12.5 Å². The van der Waals surface area contributed by atoms with Crippen LogP contribution in [0.15, 0.2) is 42.5 Å². The van der Waals surface area contributed by atoms with Crippen molar-refractivity contribution in [2.24, 2.45) is 0 Å². The zero-order valence-electron chi connectivity index (χ0n) is 15.9. The summed E-state index contributed by atoms with van der Waals surface area (Å²) in [6.45, 7) is 7.19. The van der Waals surface area contributed by atoms with Crippen molar-refractivity contribution in [3.63, 3.8) is 0 Å². The number of nitrogens with one attached hydrogen (secondary N) is 1. The predicted octanol–water partition coefficient (Wildman–Crippen LogP) is 3.67. The van der Waals surface area contributed by atoms with Crippen molar-refractivity contribution >= 4 is 28.9 Å². The van der Waals surface area contributed by atoms with Crippen LogP contribution < -0.4 is 15.0 Å². The maximum Gasteiger partial charge on any atom is 0.228 e. The molecule has 27 heavy (non-hydrogen) atoms. The summed E-state index contributed by atoms with van der Waals surface area (Å²) in [5.41, 5.74) is 2.73. The summed E-state index contributed by atoms with van der Waals surface area (Å²) in [5, 5.41) is 3.66. The summed E-state index contributed by atoms with van der Waals surface area (Å²) in [5.74, 6) is 0.721. The Kier molecular flexibility index (Phi) is 6.58. The van der Waals surface area contributed by atoms with Crippen LogP contribution in [-0.2, 0) is 11.2 Å². The van der Waals surface area contributed by atoms with Gasteiger partial charge in [-0.2, -0.15) is 0 Å². The van der Waals surface area contributed by atoms with Crippen LogP contribution in [0.25, 0.3) is 0 Å². The number of anilines is 2.